The van der Waals surface area contributed by atoms with Crippen molar-refractivity contribution < 1.29 is 9.21 Å². The Hall–Kier alpha value is -3.07. The zero-order chi connectivity index (χ0) is 21.4. The fraction of sp³-hybridized carbons (Fsp3) is 0.273. The summed E-state index contributed by atoms with van der Waals surface area (Å²) in [5.41, 5.74) is 9.26. The molecule has 9 heteroatoms. The number of aromatic nitrogens is 3. The molecule has 1 saturated heterocycles. The number of halogens is 1. The minimum Gasteiger partial charge on any atom is -0.439 e. The molecule has 0 bridgehead atoms. The Labute approximate surface area is 183 Å². The summed E-state index contributed by atoms with van der Waals surface area (Å²) in [5.74, 6) is 1.10. The second-order valence-corrected chi connectivity index (χ2v) is 8.18. The Morgan fingerprint density at radius 2 is 2.03 bits per heavy atom. The third-order valence-electron chi connectivity index (χ3n) is 5.65. The Balaban J connectivity index is 1.27. The Morgan fingerprint density at radius 3 is 2.90 bits per heavy atom. The van der Waals surface area contributed by atoms with Crippen LogP contribution in [0.25, 0.3) is 22.0 Å². The average Bonchev–Trinajstić information content (AvgIpc) is 3.16. The molecule has 8 nitrogen and oxygen atoms in total. The van der Waals surface area contributed by atoms with E-state index in [4.69, 9.17) is 21.8 Å². The predicted octanol–water partition coefficient (Wildman–Crippen LogP) is 2.89. The first kappa shape index (κ1) is 19.9. The van der Waals surface area contributed by atoms with Gasteiger partial charge in [-0.3, -0.25) is 9.80 Å². The van der Waals surface area contributed by atoms with Gasteiger partial charge in [0.05, 0.1) is 18.1 Å². The van der Waals surface area contributed by atoms with Crippen LogP contribution in [0.1, 0.15) is 11.5 Å². The van der Waals surface area contributed by atoms with E-state index in [1.54, 1.807) is 12.1 Å². The number of rotatable bonds is 5. The van der Waals surface area contributed by atoms with Crippen molar-refractivity contribution in [3.05, 3.63) is 59.2 Å². The monoisotopic (exact) mass is 436 g/mol. The maximum absolute atomic E-state index is 11.8. The van der Waals surface area contributed by atoms with Gasteiger partial charge in [-0.1, -0.05) is 17.7 Å². The van der Waals surface area contributed by atoms with E-state index >= 15 is 0 Å². The maximum Gasteiger partial charge on any atom is 0.209 e. The van der Waals surface area contributed by atoms with E-state index in [1.807, 2.05) is 24.3 Å². The molecular weight excluding hydrogens is 416 g/mol. The number of carbonyl (C=O) groups is 1. The van der Waals surface area contributed by atoms with Crippen LogP contribution in [0.3, 0.4) is 0 Å². The molecule has 4 aromatic rings. The van der Waals surface area contributed by atoms with E-state index in [-0.39, 0.29) is 6.04 Å². The number of benzene rings is 2. The van der Waals surface area contributed by atoms with Gasteiger partial charge in [0.15, 0.2) is 5.58 Å². The van der Waals surface area contributed by atoms with Crippen molar-refractivity contribution in [2.24, 2.45) is 0 Å². The average molecular weight is 437 g/mol. The molecule has 3 heterocycles. The fourth-order valence-corrected chi connectivity index (χ4v) is 4.20. The smallest absolute Gasteiger partial charge is 0.209 e. The first-order chi connectivity index (χ1) is 15.1. The summed E-state index contributed by atoms with van der Waals surface area (Å²) in [6.07, 6.45) is 2.48. The number of piperazine rings is 1. The molecule has 0 spiro atoms. The molecular formula is C22H21ClN6O2. The highest BCUT2D eigenvalue weighted by atomic mass is 35.5. The first-order valence-corrected chi connectivity index (χ1v) is 10.4. The van der Waals surface area contributed by atoms with Crippen molar-refractivity contribution in [3.8, 4) is 0 Å². The Kier molecular flexibility index (Phi) is 5.27. The molecule has 0 aliphatic carbocycles. The normalized spacial score (nSPS) is 18.0. The third kappa shape index (κ3) is 4.10. The van der Waals surface area contributed by atoms with Gasteiger partial charge in [0.2, 0.25) is 5.89 Å². The van der Waals surface area contributed by atoms with E-state index < -0.39 is 0 Å². The van der Waals surface area contributed by atoms with Crippen molar-refractivity contribution in [1.29, 1.82) is 0 Å². The SMILES string of the molecule is Nc1ncnc2cc(CN3CCN(Cc4nc5ccc(Cl)cc5o4)CC3C=O)ccc12. The highest BCUT2D eigenvalue weighted by Gasteiger charge is 2.27. The maximum atomic E-state index is 11.8. The standard InChI is InChI=1S/C22H21ClN6O2/c23-15-2-4-18-20(8-15)31-21(27-18)11-28-5-6-29(16(10-28)12-30)9-14-1-3-17-19(7-14)25-13-26-22(17)24/h1-4,7-8,12-13,16H,5-6,9-11H2,(H2,24,25,26). The number of carbonyl (C=O) groups excluding carboxylic acids is 1. The van der Waals surface area contributed by atoms with Gasteiger partial charge in [-0.25, -0.2) is 15.0 Å². The minimum absolute atomic E-state index is 0.210. The molecule has 2 N–H and O–H groups in total. The predicted molar refractivity (Wildman–Crippen MR) is 119 cm³/mol. The topological polar surface area (TPSA) is 101 Å². The van der Waals surface area contributed by atoms with Crippen LogP contribution in [0, 0.1) is 0 Å². The molecule has 1 unspecified atom stereocenters. The van der Waals surface area contributed by atoms with Crippen molar-refractivity contribution in [2.75, 3.05) is 25.4 Å². The molecule has 0 radical (unpaired) electrons. The van der Waals surface area contributed by atoms with Gasteiger partial charge in [0.25, 0.3) is 0 Å². The van der Waals surface area contributed by atoms with Crippen LogP contribution in [-0.4, -0.2) is 56.7 Å². The summed E-state index contributed by atoms with van der Waals surface area (Å²) in [4.78, 5) is 29.1. The number of nitrogens with zero attached hydrogens (tertiary/aromatic N) is 5. The number of fused-ring (bicyclic) bond motifs is 2. The van der Waals surface area contributed by atoms with E-state index in [0.717, 1.165) is 41.4 Å². The number of nitrogens with two attached hydrogens (primary N) is 1. The van der Waals surface area contributed by atoms with Gasteiger partial charge in [-0.05, 0) is 29.8 Å². The fourth-order valence-electron chi connectivity index (χ4n) is 4.04. The lowest BCUT2D eigenvalue weighted by Gasteiger charge is -2.38. The zero-order valence-electron chi connectivity index (χ0n) is 16.7. The molecule has 31 heavy (non-hydrogen) atoms. The van der Waals surface area contributed by atoms with Crippen LogP contribution in [-0.2, 0) is 17.9 Å². The summed E-state index contributed by atoms with van der Waals surface area (Å²) < 4.78 is 5.83. The molecule has 158 valence electrons. The number of nitrogen functional groups attached to an aromatic ring is 1. The van der Waals surface area contributed by atoms with Crippen molar-refractivity contribution in [3.63, 3.8) is 0 Å². The number of anilines is 1. The Bertz CT molecular complexity index is 1260. The van der Waals surface area contributed by atoms with Crippen LogP contribution in [0.15, 0.2) is 47.1 Å². The lowest BCUT2D eigenvalue weighted by Crippen LogP contribution is -2.53. The zero-order valence-corrected chi connectivity index (χ0v) is 17.5. The minimum atomic E-state index is -0.210. The van der Waals surface area contributed by atoms with Gasteiger partial charge >= 0.3 is 0 Å². The third-order valence-corrected chi connectivity index (χ3v) is 5.88. The van der Waals surface area contributed by atoms with Crippen molar-refractivity contribution in [2.45, 2.75) is 19.1 Å². The van der Waals surface area contributed by atoms with Crippen LogP contribution in [0.5, 0.6) is 0 Å². The van der Waals surface area contributed by atoms with Gasteiger partial charge < -0.3 is 14.9 Å². The second kappa shape index (κ2) is 8.22. The first-order valence-electron chi connectivity index (χ1n) is 10.0. The van der Waals surface area contributed by atoms with E-state index in [9.17, 15) is 4.79 Å². The molecule has 1 aliphatic heterocycles. The van der Waals surface area contributed by atoms with E-state index in [1.165, 1.54) is 6.33 Å². The van der Waals surface area contributed by atoms with Crippen LogP contribution >= 0.6 is 11.6 Å². The number of oxazole rings is 1. The van der Waals surface area contributed by atoms with E-state index in [2.05, 4.69) is 24.8 Å². The second-order valence-electron chi connectivity index (χ2n) is 7.74. The summed E-state index contributed by atoms with van der Waals surface area (Å²) in [5, 5.41) is 1.45. The number of hydrogen-bond donors (Lipinski definition) is 1. The quantitative estimate of drug-likeness (QED) is 0.476. The molecule has 2 aromatic carbocycles. The summed E-state index contributed by atoms with van der Waals surface area (Å²) >= 11 is 6.02. The molecule has 0 amide bonds. The van der Waals surface area contributed by atoms with Crippen molar-refractivity contribution in [1.82, 2.24) is 24.8 Å². The molecule has 5 rings (SSSR count). The molecule has 1 atom stereocenters. The van der Waals surface area contributed by atoms with Crippen LogP contribution < -0.4 is 5.73 Å². The highest BCUT2D eigenvalue weighted by molar-refractivity contribution is 6.31. The van der Waals surface area contributed by atoms with Crippen LogP contribution in [0.4, 0.5) is 5.82 Å². The van der Waals surface area contributed by atoms with Crippen molar-refractivity contribution >= 4 is 45.7 Å². The lowest BCUT2D eigenvalue weighted by molar-refractivity contribution is -0.115. The largest absolute Gasteiger partial charge is 0.439 e. The van der Waals surface area contributed by atoms with Gasteiger partial charge in [0.1, 0.15) is 23.9 Å². The highest BCUT2D eigenvalue weighted by Crippen LogP contribution is 2.23. The number of hydrogen-bond acceptors (Lipinski definition) is 8. The lowest BCUT2D eigenvalue weighted by atomic mass is 10.1. The summed E-state index contributed by atoms with van der Waals surface area (Å²) in [7, 11) is 0. The Morgan fingerprint density at radius 1 is 1.13 bits per heavy atom. The molecule has 1 fully saturated rings. The van der Waals surface area contributed by atoms with Gasteiger partial charge in [-0.15, -0.1) is 0 Å². The van der Waals surface area contributed by atoms with Gasteiger partial charge in [-0.2, -0.15) is 0 Å². The number of aldehydes is 1. The summed E-state index contributed by atoms with van der Waals surface area (Å²) in [6.45, 7) is 3.41. The van der Waals surface area contributed by atoms with E-state index in [0.29, 0.717) is 41.9 Å². The molecule has 0 saturated carbocycles. The van der Waals surface area contributed by atoms with Gasteiger partial charge in [0, 0.05) is 42.7 Å². The molecule has 2 aromatic heterocycles. The van der Waals surface area contributed by atoms with Crippen LogP contribution in [0.2, 0.25) is 5.02 Å². The molecule has 1 aliphatic rings. The summed E-state index contributed by atoms with van der Waals surface area (Å²) in [6, 6.07) is 11.2.